The average Bonchev–Trinajstić information content (AvgIpc) is 2.39. The van der Waals surface area contributed by atoms with Crippen LogP contribution in [0.4, 0.5) is 0 Å². The number of hydrogen-bond donors (Lipinski definition) is 0. The summed E-state index contributed by atoms with van der Waals surface area (Å²) in [5.41, 5.74) is 1.12. The predicted octanol–water partition coefficient (Wildman–Crippen LogP) is 4.33. The molecule has 0 radical (unpaired) electrons. The van der Waals surface area contributed by atoms with Crippen molar-refractivity contribution in [3.8, 4) is 5.75 Å². The molecule has 2 rings (SSSR count). The van der Waals surface area contributed by atoms with Crippen molar-refractivity contribution in [3.63, 3.8) is 0 Å². The van der Waals surface area contributed by atoms with Gasteiger partial charge in [-0.2, -0.15) is 0 Å². The molecule has 19 heavy (non-hydrogen) atoms. The van der Waals surface area contributed by atoms with Crippen LogP contribution < -0.4 is 4.74 Å². The molecule has 0 aliphatic heterocycles. The summed E-state index contributed by atoms with van der Waals surface area (Å²) in [6, 6.07) is 6.20. The van der Waals surface area contributed by atoms with Gasteiger partial charge in [0.25, 0.3) is 0 Å². The molecule has 0 saturated heterocycles. The van der Waals surface area contributed by atoms with Crippen molar-refractivity contribution in [2.45, 2.75) is 43.6 Å². The summed E-state index contributed by atoms with van der Waals surface area (Å²) in [5, 5.41) is 0.999. The first kappa shape index (κ1) is 15.0. The van der Waals surface area contributed by atoms with Crippen LogP contribution in [0.25, 0.3) is 0 Å². The number of hydrogen-bond acceptors (Lipinski definition) is 2. The van der Waals surface area contributed by atoms with E-state index in [9.17, 15) is 0 Å². The molecular formula is C15H21Cl2NO. The second-order valence-corrected chi connectivity index (χ2v) is 6.24. The van der Waals surface area contributed by atoms with Crippen LogP contribution >= 0.6 is 23.2 Å². The molecule has 1 aliphatic rings. The molecule has 0 amide bonds. The molecule has 0 aromatic heterocycles. The molecule has 1 fully saturated rings. The molecule has 2 atom stereocenters. The first-order chi connectivity index (χ1) is 9.11. The molecule has 0 heterocycles. The van der Waals surface area contributed by atoms with E-state index < -0.39 is 0 Å². The van der Waals surface area contributed by atoms with Crippen LogP contribution in [0, 0.1) is 0 Å². The van der Waals surface area contributed by atoms with Crippen molar-refractivity contribution in [1.29, 1.82) is 0 Å². The molecule has 4 heteroatoms. The Bertz CT molecular complexity index is 425. The van der Waals surface area contributed by atoms with Gasteiger partial charge < -0.3 is 4.74 Å². The third kappa shape index (κ3) is 3.77. The van der Waals surface area contributed by atoms with Crippen molar-refractivity contribution in [2.24, 2.45) is 0 Å². The fourth-order valence-electron chi connectivity index (χ4n) is 2.82. The van der Waals surface area contributed by atoms with Gasteiger partial charge in [-0.05, 0) is 38.1 Å². The van der Waals surface area contributed by atoms with Gasteiger partial charge >= 0.3 is 0 Å². The maximum Gasteiger partial charge on any atom is 0.123 e. The van der Waals surface area contributed by atoms with Crippen molar-refractivity contribution in [1.82, 2.24) is 4.90 Å². The first-order valence-electron chi connectivity index (χ1n) is 6.78. The lowest BCUT2D eigenvalue weighted by Crippen LogP contribution is -2.40. The Labute approximate surface area is 125 Å². The van der Waals surface area contributed by atoms with Crippen molar-refractivity contribution in [3.05, 3.63) is 28.8 Å². The molecule has 2 nitrogen and oxygen atoms in total. The molecule has 0 bridgehead atoms. The van der Waals surface area contributed by atoms with E-state index in [1.54, 1.807) is 7.11 Å². The summed E-state index contributed by atoms with van der Waals surface area (Å²) < 4.78 is 5.40. The second kappa shape index (κ2) is 6.83. The van der Waals surface area contributed by atoms with Crippen LogP contribution in [0.5, 0.6) is 5.75 Å². The van der Waals surface area contributed by atoms with E-state index >= 15 is 0 Å². The fourth-order valence-corrected chi connectivity index (χ4v) is 3.49. The SMILES string of the molecule is COc1ccc(Cl)cc1CN(C)C1CCCCC1Cl. The molecule has 1 aliphatic carbocycles. The minimum Gasteiger partial charge on any atom is -0.496 e. The molecule has 1 aromatic carbocycles. The Balaban J connectivity index is 2.09. The van der Waals surface area contributed by atoms with Gasteiger partial charge in [0, 0.05) is 28.5 Å². The lowest BCUT2D eigenvalue weighted by molar-refractivity contribution is 0.186. The highest BCUT2D eigenvalue weighted by Gasteiger charge is 2.27. The lowest BCUT2D eigenvalue weighted by atomic mass is 9.93. The minimum absolute atomic E-state index is 0.254. The number of benzene rings is 1. The van der Waals surface area contributed by atoms with Gasteiger partial charge in [0.2, 0.25) is 0 Å². The van der Waals surface area contributed by atoms with Crippen LogP contribution in [0.1, 0.15) is 31.2 Å². The van der Waals surface area contributed by atoms with Gasteiger partial charge in [-0.25, -0.2) is 0 Å². The molecule has 2 unspecified atom stereocenters. The van der Waals surface area contributed by atoms with E-state index in [2.05, 4.69) is 11.9 Å². The van der Waals surface area contributed by atoms with Gasteiger partial charge in [0.05, 0.1) is 7.11 Å². The predicted molar refractivity (Wildman–Crippen MR) is 81.4 cm³/mol. The van der Waals surface area contributed by atoms with Gasteiger partial charge in [-0.3, -0.25) is 4.90 Å². The Morgan fingerprint density at radius 3 is 2.74 bits per heavy atom. The van der Waals surface area contributed by atoms with Crippen LogP contribution in [0.3, 0.4) is 0 Å². The van der Waals surface area contributed by atoms with E-state index in [0.29, 0.717) is 6.04 Å². The van der Waals surface area contributed by atoms with Gasteiger partial charge in [0.15, 0.2) is 0 Å². The van der Waals surface area contributed by atoms with E-state index in [-0.39, 0.29) is 5.38 Å². The van der Waals surface area contributed by atoms with E-state index in [1.165, 1.54) is 19.3 Å². The third-order valence-corrected chi connectivity index (χ3v) is 4.62. The van der Waals surface area contributed by atoms with Gasteiger partial charge in [0.1, 0.15) is 5.75 Å². The number of ether oxygens (including phenoxy) is 1. The number of halogens is 2. The number of rotatable bonds is 4. The third-order valence-electron chi connectivity index (χ3n) is 3.88. The van der Waals surface area contributed by atoms with E-state index in [4.69, 9.17) is 27.9 Å². The van der Waals surface area contributed by atoms with Crippen molar-refractivity contribution >= 4 is 23.2 Å². The van der Waals surface area contributed by atoms with Gasteiger partial charge in [-0.15, -0.1) is 11.6 Å². The normalized spacial score (nSPS) is 23.6. The Hall–Kier alpha value is -0.440. The number of alkyl halides is 1. The Morgan fingerprint density at radius 1 is 1.32 bits per heavy atom. The molecule has 0 N–H and O–H groups in total. The Kier molecular flexibility index (Phi) is 5.37. The smallest absolute Gasteiger partial charge is 0.123 e. The first-order valence-corrected chi connectivity index (χ1v) is 7.60. The zero-order valence-corrected chi connectivity index (χ0v) is 13.0. The van der Waals surface area contributed by atoms with Crippen LogP contribution in [0.15, 0.2) is 18.2 Å². The largest absolute Gasteiger partial charge is 0.496 e. The fraction of sp³-hybridized carbons (Fsp3) is 0.600. The average molecular weight is 302 g/mol. The van der Waals surface area contributed by atoms with Crippen LogP contribution in [0.2, 0.25) is 5.02 Å². The highest BCUT2D eigenvalue weighted by atomic mass is 35.5. The summed E-state index contributed by atoms with van der Waals surface area (Å²) in [6.07, 6.45) is 4.81. The molecule has 106 valence electrons. The standard InChI is InChI=1S/C15H21Cl2NO/c1-18(14-6-4-3-5-13(14)17)10-11-9-12(16)7-8-15(11)19-2/h7-9,13-14H,3-6,10H2,1-2H3. The van der Waals surface area contributed by atoms with Crippen molar-refractivity contribution in [2.75, 3.05) is 14.2 Å². The zero-order valence-electron chi connectivity index (χ0n) is 11.5. The summed E-state index contributed by atoms with van der Waals surface area (Å²) in [5.74, 6) is 0.887. The maximum atomic E-state index is 6.45. The molecular weight excluding hydrogens is 281 g/mol. The summed E-state index contributed by atoms with van der Waals surface area (Å²) in [6.45, 7) is 0.817. The lowest BCUT2D eigenvalue weighted by Gasteiger charge is -2.35. The van der Waals surface area contributed by atoms with Gasteiger partial charge in [-0.1, -0.05) is 24.4 Å². The zero-order chi connectivity index (χ0) is 13.8. The van der Waals surface area contributed by atoms with Crippen molar-refractivity contribution < 1.29 is 4.74 Å². The topological polar surface area (TPSA) is 12.5 Å². The Morgan fingerprint density at radius 2 is 2.05 bits per heavy atom. The van der Waals surface area contributed by atoms with E-state index in [1.807, 2.05) is 18.2 Å². The number of methoxy groups -OCH3 is 1. The minimum atomic E-state index is 0.254. The highest BCUT2D eigenvalue weighted by Crippen LogP contribution is 2.29. The quantitative estimate of drug-likeness (QED) is 0.768. The summed E-state index contributed by atoms with van der Waals surface area (Å²) in [7, 11) is 3.82. The second-order valence-electron chi connectivity index (χ2n) is 5.24. The summed E-state index contributed by atoms with van der Waals surface area (Å²) in [4.78, 5) is 2.32. The number of nitrogens with zero attached hydrogens (tertiary/aromatic N) is 1. The maximum absolute atomic E-state index is 6.45. The van der Waals surface area contributed by atoms with E-state index in [0.717, 1.165) is 29.3 Å². The summed E-state index contributed by atoms with van der Waals surface area (Å²) >= 11 is 12.5. The van der Waals surface area contributed by atoms with Crippen LogP contribution in [-0.4, -0.2) is 30.5 Å². The monoisotopic (exact) mass is 301 g/mol. The molecule has 0 spiro atoms. The molecule has 1 saturated carbocycles. The highest BCUT2D eigenvalue weighted by molar-refractivity contribution is 6.30. The molecule has 1 aromatic rings. The van der Waals surface area contributed by atoms with Crippen LogP contribution in [-0.2, 0) is 6.54 Å².